The van der Waals surface area contributed by atoms with Crippen LogP contribution in [0.1, 0.15) is 25.5 Å². The molecule has 1 unspecified atom stereocenters. The summed E-state index contributed by atoms with van der Waals surface area (Å²) in [6.07, 6.45) is 0. The van der Waals surface area contributed by atoms with Gasteiger partial charge in [0.25, 0.3) is 0 Å². The van der Waals surface area contributed by atoms with Gasteiger partial charge in [-0.05, 0) is 30.8 Å². The summed E-state index contributed by atoms with van der Waals surface area (Å²) in [5.74, 6) is -0.349. The van der Waals surface area contributed by atoms with Gasteiger partial charge in [-0.15, -0.1) is 0 Å². The lowest BCUT2D eigenvalue weighted by molar-refractivity contribution is -0.120. The SMILES string of the molecule is CCN(CC)CCNC(C(N)=O)c1cccc(Br)c1. The maximum Gasteiger partial charge on any atom is 0.239 e. The number of nitrogens with one attached hydrogen (secondary N) is 1. The predicted molar refractivity (Wildman–Crippen MR) is 81.9 cm³/mol. The second kappa shape index (κ2) is 8.30. The van der Waals surface area contributed by atoms with Crippen molar-refractivity contribution < 1.29 is 4.79 Å². The van der Waals surface area contributed by atoms with Gasteiger partial charge >= 0.3 is 0 Å². The minimum Gasteiger partial charge on any atom is -0.368 e. The van der Waals surface area contributed by atoms with Crippen LogP contribution in [0.3, 0.4) is 0 Å². The van der Waals surface area contributed by atoms with Crippen LogP contribution in [0.15, 0.2) is 28.7 Å². The van der Waals surface area contributed by atoms with Crippen LogP contribution in [0.2, 0.25) is 0 Å². The molecule has 0 heterocycles. The summed E-state index contributed by atoms with van der Waals surface area (Å²) in [7, 11) is 0. The molecule has 19 heavy (non-hydrogen) atoms. The van der Waals surface area contributed by atoms with Crippen LogP contribution in [-0.4, -0.2) is 37.0 Å². The van der Waals surface area contributed by atoms with E-state index in [1.165, 1.54) is 0 Å². The first-order valence-electron chi connectivity index (χ1n) is 6.59. The van der Waals surface area contributed by atoms with E-state index < -0.39 is 6.04 Å². The summed E-state index contributed by atoms with van der Waals surface area (Å²) in [6, 6.07) is 7.22. The van der Waals surface area contributed by atoms with E-state index in [4.69, 9.17) is 5.73 Å². The van der Waals surface area contributed by atoms with Gasteiger partial charge in [-0.25, -0.2) is 0 Å². The average molecular weight is 328 g/mol. The van der Waals surface area contributed by atoms with Crippen LogP contribution in [0.5, 0.6) is 0 Å². The Bertz CT molecular complexity index is 407. The number of likely N-dealkylation sites (N-methyl/N-ethyl adjacent to an activating group) is 1. The van der Waals surface area contributed by atoms with Gasteiger partial charge in [0.15, 0.2) is 0 Å². The van der Waals surface area contributed by atoms with Crippen molar-refractivity contribution in [1.82, 2.24) is 10.2 Å². The summed E-state index contributed by atoms with van der Waals surface area (Å²) in [6.45, 7) is 7.92. The van der Waals surface area contributed by atoms with Gasteiger partial charge in [-0.1, -0.05) is 41.9 Å². The van der Waals surface area contributed by atoms with E-state index in [-0.39, 0.29) is 5.91 Å². The Kier molecular flexibility index (Phi) is 7.05. The first kappa shape index (κ1) is 16.1. The third-order valence-electron chi connectivity index (χ3n) is 3.14. The first-order chi connectivity index (χ1) is 9.08. The fourth-order valence-corrected chi connectivity index (χ4v) is 2.39. The predicted octanol–water partition coefficient (Wildman–Crippen LogP) is 1.91. The van der Waals surface area contributed by atoms with Gasteiger partial charge in [0.1, 0.15) is 6.04 Å². The summed E-state index contributed by atoms with van der Waals surface area (Å²) in [4.78, 5) is 13.9. The van der Waals surface area contributed by atoms with Crippen molar-refractivity contribution >= 4 is 21.8 Å². The van der Waals surface area contributed by atoms with Gasteiger partial charge < -0.3 is 16.0 Å². The molecule has 1 atom stereocenters. The Morgan fingerprint density at radius 3 is 2.63 bits per heavy atom. The molecular formula is C14H22BrN3O. The number of nitrogens with zero attached hydrogens (tertiary/aromatic N) is 1. The monoisotopic (exact) mass is 327 g/mol. The Labute approximate surface area is 123 Å². The zero-order valence-electron chi connectivity index (χ0n) is 11.5. The number of rotatable bonds is 8. The third-order valence-corrected chi connectivity index (χ3v) is 3.63. The molecule has 0 saturated carbocycles. The molecule has 106 valence electrons. The molecule has 0 aliphatic carbocycles. The molecule has 4 nitrogen and oxygen atoms in total. The van der Waals surface area contributed by atoms with E-state index in [1.54, 1.807) is 0 Å². The molecule has 0 saturated heterocycles. The summed E-state index contributed by atoms with van der Waals surface area (Å²) >= 11 is 3.41. The van der Waals surface area contributed by atoms with Gasteiger partial charge in [0.2, 0.25) is 5.91 Å². The van der Waals surface area contributed by atoms with Gasteiger partial charge in [-0.2, -0.15) is 0 Å². The van der Waals surface area contributed by atoms with Crippen LogP contribution in [-0.2, 0) is 4.79 Å². The molecule has 0 spiro atoms. The van der Waals surface area contributed by atoms with E-state index in [0.29, 0.717) is 0 Å². The summed E-state index contributed by atoms with van der Waals surface area (Å²) in [5, 5.41) is 3.22. The van der Waals surface area contributed by atoms with E-state index >= 15 is 0 Å². The Balaban J connectivity index is 2.62. The average Bonchev–Trinajstić information content (AvgIpc) is 2.38. The number of hydrogen-bond donors (Lipinski definition) is 2. The topological polar surface area (TPSA) is 58.4 Å². The molecule has 1 amide bonds. The number of halogens is 1. The number of amides is 1. The van der Waals surface area contributed by atoms with Crippen molar-refractivity contribution in [3.63, 3.8) is 0 Å². The van der Waals surface area contributed by atoms with E-state index in [1.807, 2.05) is 24.3 Å². The molecule has 0 aliphatic rings. The highest BCUT2D eigenvalue weighted by molar-refractivity contribution is 9.10. The number of hydrogen-bond acceptors (Lipinski definition) is 3. The van der Waals surface area contributed by atoms with Gasteiger partial charge in [0, 0.05) is 17.6 Å². The zero-order valence-corrected chi connectivity index (χ0v) is 13.1. The minimum absolute atomic E-state index is 0.349. The molecule has 0 bridgehead atoms. The molecule has 0 radical (unpaired) electrons. The van der Waals surface area contributed by atoms with Gasteiger partial charge in [0.05, 0.1) is 0 Å². The Hall–Kier alpha value is -0.910. The second-order valence-corrected chi connectivity index (χ2v) is 5.29. The van der Waals surface area contributed by atoms with Crippen LogP contribution in [0.25, 0.3) is 0 Å². The van der Waals surface area contributed by atoms with Crippen molar-refractivity contribution in [2.24, 2.45) is 5.73 Å². The van der Waals surface area contributed by atoms with E-state index in [9.17, 15) is 4.79 Å². The lowest BCUT2D eigenvalue weighted by Gasteiger charge is -2.21. The lowest BCUT2D eigenvalue weighted by atomic mass is 10.1. The number of carbonyl (C=O) groups is 1. The zero-order chi connectivity index (χ0) is 14.3. The van der Waals surface area contributed by atoms with Crippen LogP contribution in [0.4, 0.5) is 0 Å². The highest BCUT2D eigenvalue weighted by Gasteiger charge is 2.17. The van der Waals surface area contributed by atoms with Crippen LogP contribution < -0.4 is 11.1 Å². The van der Waals surface area contributed by atoms with Crippen molar-refractivity contribution in [3.8, 4) is 0 Å². The number of nitrogens with two attached hydrogens (primary N) is 1. The lowest BCUT2D eigenvalue weighted by Crippen LogP contribution is -2.38. The van der Waals surface area contributed by atoms with Crippen LogP contribution in [0, 0.1) is 0 Å². The van der Waals surface area contributed by atoms with Gasteiger partial charge in [-0.3, -0.25) is 4.79 Å². The molecule has 0 aliphatic heterocycles. The second-order valence-electron chi connectivity index (χ2n) is 4.37. The molecule has 1 rings (SSSR count). The highest BCUT2D eigenvalue weighted by atomic mass is 79.9. The van der Waals surface area contributed by atoms with Crippen molar-refractivity contribution in [1.29, 1.82) is 0 Å². The quantitative estimate of drug-likeness (QED) is 0.766. The van der Waals surface area contributed by atoms with Crippen molar-refractivity contribution in [3.05, 3.63) is 34.3 Å². The largest absolute Gasteiger partial charge is 0.368 e. The third kappa shape index (κ3) is 5.30. The molecule has 5 heteroatoms. The highest BCUT2D eigenvalue weighted by Crippen LogP contribution is 2.17. The number of benzene rings is 1. The molecule has 0 aromatic heterocycles. The molecular weight excluding hydrogens is 306 g/mol. The van der Waals surface area contributed by atoms with Crippen molar-refractivity contribution in [2.75, 3.05) is 26.2 Å². The molecule has 3 N–H and O–H groups in total. The minimum atomic E-state index is -0.437. The first-order valence-corrected chi connectivity index (χ1v) is 7.38. The summed E-state index contributed by atoms with van der Waals surface area (Å²) in [5.41, 5.74) is 6.36. The Morgan fingerprint density at radius 2 is 2.11 bits per heavy atom. The van der Waals surface area contributed by atoms with E-state index in [0.717, 1.165) is 36.2 Å². The maximum absolute atomic E-state index is 11.6. The molecule has 1 aromatic rings. The van der Waals surface area contributed by atoms with Crippen molar-refractivity contribution in [2.45, 2.75) is 19.9 Å². The molecule has 0 fully saturated rings. The standard InChI is InChI=1S/C14H22BrN3O/c1-3-18(4-2)9-8-17-13(14(16)19)11-6-5-7-12(15)10-11/h5-7,10,13,17H,3-4,8-9H2,1-2H3,(H2,16,19). The Morgan fingerprint density at radius 1 is 1.42 bits per heavy atom. The fourth-order valence-electron chi connectivity index (χ4n) is 1.98. The smallest absolute Gasteiger partial charge is 0.239 e. The maximum atomic E-state index is 11.6. The normalized spacial score (nSPS) is 12.6. The number of carbonyl (C=O) groups excluding carboxylic acids is 1. The number of primary amides is 1. The fraction of sp³-hybridized carbons (Fsp3) is 0.500. The van der Waals surface area contributed by atoms with Crippen LogP contribution >= 0.6 is 15.9 Å². The summed E-state index contributed by atoms with van der Waals surface area (Å²) < 4.78 is 0.946. The van der Waals surface area contributed by atoms with E-state index in [2.05, 4.69) is 40.0 Å². The molecule has 1 aromatic carbocycles.